The van der Waals surface area contributed by atoms with Gasteiger partial charge in [-0.1, -0.05) is 53.9 Å². The molecule has 0 amide bonds. The van der Waals surface area contributed by atoms with Crippen molar-refractivity contribution in [2.45, 2.75) is 98.6 Å². The Balaban J connectivity index is 1.70. The fourth-order valence-corrected chi connectivity index (χ4v) is 8.84. The van der Waals surface area contributed by atoms with Crippen LogP contribution in [0.25, 0.3) is 0 Å². The van der Waals surface area contributed by atoms with Crippen LogP contribution in [-0.4, -0.2) is 6.17 Å². The van der Waals surface area contributed by atoms with E-state index in [-0.39, 0.29) is 5.41 Å². The maximum Gasteiger partial charge on any atom is 0.106 e. The smallest absolute Gasteiger partial charge is 0.106 e. The molecule has 0 aromatic carbocycles. The molecule has 4 fully saturated rings. The van der Waals surface area contributed by atoms with Gasteiger partial charge >= 0.3 is 0 Å². The first-order valence-electron chi connectivity index (χ1n) is 11.5. The lowest BCUT2D eigenvalue weighted by Crippen LogP contribution is -2.59. The second-order valence-electron chi connectivity index (χ2n) is 11.1. The minimum Gasteiger partial charge on any atom is -0.247 e. The Kier molecular flexibility index (Phi) is 4.56. The Morgan fingerprint density at radius 1 is 1.04 bits per heavy atom. The predicted octanol–water partition coefficient (Wildman–Crippen LogP) is 7.28. The molecule has 0 nitrogen and oxygen atoms in total. The average molecular weight is 349 g/mol. The lowest BCUT2D eigenvalue weighted by atomic mass is 9.42. The Morgan fingerprint density at radius 3 is 2.52 bits per heavy atom. The lowest BCUT2D eigenvalue weighted by molar-refractivity contribution is -0.166. The molecule has 0 aromatic rings. The van der Waals surface area contributed by atoms with E-state index in [9.17, 15) is 0 Å². The summed E-state index contributed by atoms with van der Waals surface area (Å²) in [5.41, 5.74) is 0.401. The number of hydrogen-bond donors (Lipinski definition) is 0. The van der Waals surface area contributed by atoms with Gasteiger partial charge in [-0.15, -0.1) is 0 Å². The minimum atomic E-state index is -0.565. The molecule has 4 rings (SSSR count). The zero-order chi connectivity index (χ0) is 18.0. The van der Waals surface area contributed by atoms with Crippen LogP contribution < -0.4 is 0 Å². The van der Waals surface area contributed by atoms with Gasteiger partial charge < -0.3 is 0 Å². The summed E-state index contributed by atoms with van der Waals surface area (Å²) in [4.78, 5) is 0. The van der Waals surface area contributed by atoms with Gasteiger partial charge in [-0.25, -0.2) is 4.39 Å². The van der Waals surface area contributed by atoms with Crippen LogP contribution in [0.15, 0.2) is 0 Å². The number of fused-ring (bicyclic) bond motifs is 5. The van der Waals surface area contributed by atoms with E-state index in [1.54, 1.807) is 0 Å². The van der Waals surface area contributed by atoms with Crippen LogP contribution >= 0.6 is 0 Å². The maximum absolute atomic E-state index is 15.9. The van der Waals surface area contributed by atoms with Crippen LogP contribution in [0.5, 0.6) is 0 Å². The molecule has 0 saturated heterocycles. The first-order chi connectivity index (χ1) is 11.8. The molecule has 4 aliphatic rings. The molecule has 10 atom stereocenters. The first kappa shape index (κ1) is 18.3. The Bertz CT molecular complexity index is 500. The number of alkyl halides is 1. The van der Waals surface area contributed by atoms with Gasteiger partial charge in [-0.2, -0.15) is 0 Å². The summed E-state index contributed by atoms with van der Waals surface area (Å²) in [6.45, 7) is 12.2. The zero-order valence-electron chi connectivity index (χ0n) is 17.4. The van der Waals surface area contributed by atoms with E-state index >= 15 is 4.39 Å². The van der Waals surface area contributed by atoms with Gasteiger partial charge in [-0.05, 0) is 85.4 Å². The lowest BCUT2D eigenvalue weighted by Gasteiger charge is -2.63. The highest BCUT2D eigenvalue weighted by Crippen LogP contribution is 2.69. The zero-order valence-corrected chi connectivity index (χ0v) is 17.4. The molecule has 10 unspecified atom stereocenters. The van der Waals surface area contributed by atoms with Crippen molar-refractivity contribution < 1.29 is 4.39 Å². The summed E-state index contributed by atoms with van der Waals surface area (Å²) in [5, 5.41) is 0. The second-order valence-corrected chi connectivity index (χ2v) is 11.1. The van der Waals surface area contributed by atoms with E-state index in [1.165, 1.54) is 51.4 Å². The summed E-state index contributed by atoms with van der Waals surface area (Å²) in [6.07, 6.45) is 11.1. The summed E-state index contributed by atoms with van der Waals surface area (Å²) in [7, 11) is 0. The highest BCUT2D eigenvalue weighted by molar-refractivity contribution is 5.13. The standard InChI is InChI=1S/C24H41F/c1-6-15(2)18-10-11-19-22-16(3)13-17-9-7-8-12-23(17,4)20(22)14-21(25)24(18,19)5/h15-22H,6-14H2,1-5H3. The topological polar surface area (TPSA) is 0 Å². The first-order valence-corrected chi connectivity index (χ1v) is 11.5. The number of hydrogen-bond acceptors (Lipinski definition) is 0. The molecule has 4 saturated carbocycles. The normalized spacial score (nSPS) is 56.6. The Hall–Kier alpha value is -0.0700. The molecule has 0 heterocycles. The third-order valence-electron chi connectivity index (χ3n) is 10.4. The molecule has 25 heavy (non-hydrogen) atoms. The van der Waals surface area contributed by atoms with Crippen molar-refractivity contribution in [1.29, 1.82) is 0 Å². The van der Waals surface area contributed by atoms with Crippen LogP contribution in [0, 0.1) is 52.3 Å². The van der Waals surface area contributed by atoms with Gasteiger partial charge in [0, 0.05) is 5.41 Å². The molecule has 0 aromatic heterocycles. The molecule has 1 heteroatoms. The molecule has 0 bridgehead atoms. The predicted molar refractivity (Wildman–Crippen MR) is 104 cm³/mol. The molecule has 0 aliphatic heterocycles. The van der Waals surface area contributed by atoms with Crippen molar-refractivity contribution in [3.63, 3.8) is 0 Å². The van der Waals surface area contributed by atoms with Crippen LogP contribution in [0.1, 0.15) is 92.4 Å². The van der Waals surface area contributed by atoms with Crippen LogP contribution in [0.4, 0.5) is 4.39 Å². The molecule has 4 aliphatic carbocycles. The van der Waals surface area contributed by atoms with Gasteiger partial charge in [-0.3, -0.25) is 0 Å². The highest BCUT2D eigenvalue weighted by atomic mass is 19.1. The van der Waals surface area contributed by atoms with Crippen molar-refractivity contribution in [3.05, 3.63) is 0 Å². The van der Waals surface area contributed by atoms with Crippen LogP contribution in [0.2, 0.25) is 0 Å². The fraction of sp³-hybridized carbons (Fsp3) is 1.00. The van der Waals surface area contributed by atoms with Crippen molar-refractivity contribution >= 4 is 0 Å². The van der Waals surface area contributed by atoms with E-state index in [1.807, 2.05) is 0 Å². The second kappa shape index (κ2) is 6.23. The summed E-state index contributed by atoms with van der Waals surface area (Å²) in [6, 6.07) is 0. The minimum absolute atomic E-state index is 0.0390. The highest BCUT2D eigenvalue weighted by Gasteiger charge is 2.65. The molecular weight excluding hydrogens is 307 g/mol. The van der Waals surface area contributed by atoms with E-state index in [0.29, 0.717) is 29.1 Å². The van der Waals surface area contributed by atoms with Crippen molar-refractivity contribution in [3.8, 4) is 0 Å². The summed E-state index contributed by atoms with van der Waals surface area (Å²) in [5.74, 6) is 5.09. The Morgan fingerprint density at radius 2 is 1.80 bits per heavy atom. The van der Waals surface area contributed by atoms with E-state index in [0.717, 1.165) is 24.2 Å². The third kappa shape index (κ3) is 2.42. The van der Waals surface area contributed by atoms with Crippen LogP contribution in [-0.2, 0) is 0 Å². The largest absolute Gasteiger partial charge is 0.247 e. The SMILES string of the molecule is CCC(C)C1CCC2C3C(C)CC4CCCCC4(C)C3CC(F)C12C. The van der Waals surface area contributed by atoms with Gasteiger partial charge in [0.2, 0.25) is 0 Å². The molecule has 0 spiro atoms. The molecule has 0 radical (unpaired) electrons. The van der Waals surface area contributed by atoms with Crippen LogP contribution in [0.3, 0.4) is 0 Å². The van der Waals surface area contributed by atoms with E-state index in [2.05, 4.69) is 34.6 Å². The van der Waals surface area contributed by atoms with Gasteiger partial charge in [0.25, 0.3) is 0 Å². The van der Waals surface area contributed by atoms with Gasteiger partial charge in [0.05, 0.1) is 0 Å². The maximum atomic E-state index is 15.9. The quantitative estimate of drug-likeness (QED) is 0.492. The van der Waals surface area contributed by atoms with Gasteiger partial charge in [0.1, 0.15) is 6.17 Å². The van der Waals surface area contributed by atoms with Gasteiger partial charge in [0.15, 0.2) is 0 Å². The average Bonchev–Trinajstić information content (AvgIpc) is 2.94. The van der Waals surface area contributed by atoms with E-state index in [4.69, 9.17) is 0 Å². The monoisotopic (exact) mass is 348 g/mol. The molecular formula is C24H41F. The third-order valence-corrected chi connectivity index (χ3v) is 10.4. The number of halogens is 1. The fourth-order valence-electron chi connectivity index (χ4n) is 8.84. The van der Waals surface area contributed by atoms with Crippen molar-refractivity contribution in [1.82, 2.24) is 0 Å². The van der Waals surface area contributed by atoms with E-state index < -0.39 is 6.17 Å². The van der Waals surface area contributed by atoms with Crippen molar-refractivity contribution in [2.24, 2.45) is 52.3 Å². The number of rotatable bonds is 2. The molecule has 144 valence electrons. The summed E-state index contributed by atoms with van der Waals surface area (Å²) >= 11 is 0. The Labute approximate surface area is 155 Å². The van der Waals surface area contributed by atoms with Crippen molar-refractivity contribution in [2.75, 3.05) is 0 Å². The molecule has 0 N–H and O–H groups in total. The summed E-state index contributed by atoms with van der Waals surface area (Å²) < 4.78 is 15.9.